The molecule has 1 heterocycles. The number of para-hydroxylation sites is 1. The molecule has 1 N–H and O–H groups in total. The van der Waals surface area contributed by atoms with Crippen LogP contribution >= 0.6 is 0 Å². The number of anilines is 1. The van der Waals surface area contributed by atoms with Crippen molar-refractivity contribution >= 4 is 11.6 Å². The van der Waals surface area contributed by atoms with Gasteiger partial charge < -0.3 is 5.32 Å². The third kappa shape index (κ3) is 3.46. The maximum Gasteiger partial charge on any atom is 0.238 e. The van der Waals surface area contributed by atoms with E-state index in [1.807, 2.05) is 0 Å². The molecular weight excluding hydrogens is 286 g/mol. The fourth-order valence-electron chi connectivity index (χ4n) is 3.82. The smallest absolute Gasteiger partial charge is 0.238 e. The van der Waals surface area contributed by atoms with Crippen LogP contribution in [0.5, 0.6) is 0 Å². The van der Waals surface area contributed by atoms with Gasteiger partial charge in [0.05, 0.1) is 6.54 Å². The minimum Gasteiger partial charge on any atom is -0.320 e. The molecule has 120 valence electrons. The lowest BCUT2D eigenvalue weighted by molar-refractivity contribution is -0.118. The molecule has 3 nitrogen and oxygen atoms in total. The molecule has 0 radical (unpaired) electrons. The Morgan fingerprint density at radius 2 is 1.82 bits per heavy atom. The summed E-state index contributed by atoms with van der Waals surface area (Å²) in [6.07, 6.45) is 6.29. The topological polar surface area (TPSA) is 32.3 Å². The summed E-state index contributed by atoms with van der Waals surface area (Å²) in [6.45, 7) is 2.03. The number of halogens is 2. The lowest BCUT2D eigenvalue weighted by Crippen LogP contribution is -2.44. The van der Waals surface area contributed by atoms with Crippen molar-refractivity contribution in [2.45, 2.75) is 32.1 Å². The van der Waals surface area contributed by atoms with Crippen LogP contribution in [0.3, 0.4) is 0 Å². The molecule has 2 unspecified atom stereocenters. The van der Waals surface area contributed by atoms with E-state index < -0.39 is 11.6 Å². The third-order valence-electron chi connectivity index (χ3n) is 4.97. The van der Waals surface area contributed by atoms with E-state index in [-0.39, 0.29) is 18.1 Å². The van der Waals surface area contributed by atoms with E-state index >= 15 is 0 Å². The number of rotatable bonds is 3. The molecule has 1 saturated carbocycles. The molecule has 1 aliphatic carbocycles. The second kappa shape index (κ2) is 6.73. The molecule has 0 bridgehead atoms. The summed E-state index contributed by atoms with van der Waals surface area (Å²) in [6, 6.07) is 3.58. The van der Waals surface area contributed by atoms with E-state index in [0.717, 1.165) is 37.6 Å². The van der Waals surface area contributed by atoms with Gasteiger partial charge in [-0.1, -0.05) is 25.3 Å². The van der Waals surface area contributed by atoms with Gasteiger partial charge in [0.15, 0.2) is 0 Å². The summed E-state index contributed by atoms with van der Waals surface area (Å²) in [4.78, 5) is 14.2. The van der Waals surface area contributed by atoms with Gasteiger partial charge in [-0.05, 0) is 43.4 Å². The Hall–Kier alpha value is -1.49. The van der Waals surface area contributed by atoms with Gasteiger partial charge in [-0.2, -0.15) is 0 Å². The van der Waals surface area contributed by atoms with Crippen molar-refractivity contribution in [3.8, 4) is 0 Å². The summed E-state index contributed by atoms with van der Waals surface area (Å²) < 4.78 is 27.1. The summed E-state index contributed by atoms with van der Waals surface area (Å²) in [5.74, 6) is -0.338. The molecule has 22 heavy (non-hydrogen) atoms. The van der Waals surface area contributed by atoms with Crippen LogP contribution in [0.1, 0.15) is 32.1 Å². The lowest BCUT2D eigenvalue weighted by Gasteiger charge is -2.41. The maximum atomic E-state index is 13.5. The average Bonchev–Trinajstić information content (AvgIpc) is 2.51. The zero-order valence-electron chi connectivity index (χ0n) is 12.7. The van der Waals surface area contributed by atoms with Crippen molar-refractivity contribution in [3.05, 3.63) is 29.8 Å². The van der Waals surface area contributed by atoms with Gasteiger partial charge in [-0.15, -0.1) is 0 Å². The highest BCUT2D eigenvalue weighted by atomic mass is 19.1. The van der Waals surface area contributed by atoms with E-state index in [1.165, 1.54) is 31.7 Å². The van der Waals surface area contributed by atoms with E-state index in [1.54, 1.807) is 0 Å². The monoisotopic (exact) mass is 308 g/mol. The Labute approximate surface area is 129 Å². The number of carbonyl (C=O) groups excluding carboxylic acids is 1. The van der Waals surface area contributed by atoms with Gasteiger partial charge in [-0.25, -0.2) is 8.78 Å². The number of hydrogen-bond donors (Lipinski definition) is 1. The van der Waals surface area contributed by atoms with Crippen LogP contribution in [0, 0.1) is 23.5 Å². The first-order valence-corrected chi connectivity index (χ1v) is 8.09. The molecule has 2 atom stereocenters. The molecule has 5 heteroatoms. The Balaban J connectivity index is 1.56. The molecule has 1 saturated heterocycles. The number of benzene rings is 1. The minimum atomic E-state index is -0.737. The van der Waals surface area contributed by atoms with Crippen LogP contribution in [-0.4, -0.2) is 30.4 Å². The number of likely N-dealkylation sites (tertiary alicyclic amines) is 1. The van der Waals surface area contributed by atoms with Gasteiger partial charge in [-0.3, -0.25) is 9.69 Å². The van der Waals surface area contributed by atoms with E-state index in [0.29, 0.717) is 5.92 Å². The predicted octanol–water partition coefficient (Wildman–Crippen LogP) is 3.42. The van der Waals surface area contributed by atoms with Crippen LogP contribution in [0.2, 0.25) is 0 Å². The molecule has 0 aromatic heterocycles. The number of piperidine rings is 1. The van der Waals surface area contributed by atoms with E-state index in [2.05, 4.69) is 10.2 Å². The Bertz CT molecular complexity index is 529. The van der Waals surface area contributed by atoms with Gasteiger partial charge in [0.25, 0.3) is 0 Å². The van der Waals surface area contributed by atoms with Crippen LogP contribution in [0.4, 0.5) is 14.5 Å². The molecular formula is C17H22F2N2O. The van der Waals surface area contributed by atoms with Crippen molar-refractivity contribution in [2.75, 3.05) is 25.0 Å². The van der Waals surface area contributed by atoms with Crippen molar-refractivity contribution < 1.29 is 13.6 Å². The number of hydrogen-bond acceptors (Lipinski definition) is 2. The van der Waals surface area contributed by atoms with Crippen LogP contribution in [0.25, 0.3) is 0 Å². The first-order chi connectivity index (χ1) is 10.6. The van der Waals surface area contributed by atoms with Gasteiger partial charge in [0.2, 0.25) is 5.91 Å². The summed E-state index contributed by atoms with van der Waals surface area (Å²) in [7, 11) is 0. The van der Waals surface area contributed by atoms with Crippen molar-refractivity contribution in [3.63, 3.8) is 0 Å². The zero-order chi connectivity index (χ0) is 15.5. The Morgan fingerprint density at radius 3 is 2.55 bits per heavy atom. The Kier molecular flexibility index (Phi) is 4.71. The fraction of sp³-hybridized carbons (Fsp3) is 0.588. The molecule has 3 rings (SSSR count). The zero-order valence-corrected chi connectivity index (χ0v) is 12.7. The molecule has 2 fully saturated rings. The summed E-state index contributed by atoms with van der Waals surface area (Å²) >= 11 is 0. The van der Waals surface area contributed by atoms with Gasteiger partial charge in [0.1, 0.15) is 17.3 Å². The highest BCUT2D eigenvalue weighted by Crippen LogP contribution is 2.35. The fourth-order valence-corrected chi connectivity index (χ4v) is 3.82. The van der Waals surface area contributed by atoms with Crippen molar-refractivity contribution in [1.29, 1.82) is 0 Å². The highest BCUT2D eigenvalue weighted by molar-refractivity contribution is 5.92. The average molecular weight is 308 g/mol. The maximum absolute atomic E-state index is 13.5. The van der Waals surface area contributed by atoms with E-state index in [9.17, 15) is 13.6 Å². The molecule has 1 amide bonds. The quantitative estimate of drug-likeness (QED) is 0.928. The van der Waals surface area contributed by atoms with Crippen molar-refractivity contribution in [1.82, 2.24) is 4.90 Å². The Morgan fingerprint density at radius 1 is 1.14 bits per heavy atom. The molecule has 0 spiro atoms. The van der Waals surface area contributed by atoms with Gasteiger partial charge >= 0.3 is 0 Å². The lowest BCUT2D eigenvalue weighted by atomic mass is 9.75. The van der Waals surface area contributed by atoms with Crippen LogP contribution < -0.4 is 5.32 Å². The number of fused-ring (bicyclic) bond motifs is 1. The first-order valence-electron chi connectivity index (χ1n) is 8.09. The summed E-state index contributed by atoms with van der Waals surface area (Å²) in [5, 5.41) is 2.37. The standard InChI is InChI=1S/C17H22F2N2O/c18-14-6-3-7-15(19)17(14)20-16(22)11-21-9-8-12-4-1-2-5-13(12)10-21/h3,6-7,12-13H,1-2,4-5,8-11H2,(H,20,22). The van der Waals surface area contributed by atoms with Crippen LogP contribution in [0.15, 0.2) is 18.2 Å². The second-order valence-corrected chi connectivity index (χ2v) is 6.47. The SMILES string of the molecule is O=C(CN1CCC2CCCCC2C1)Nc1c(F)cccc1F. The number of amides is 1. The number of carbonyl (C=O) groups is 1. The highest BCUT2D eigenvalue weighted by Gasteiger charge is 2.31. The largest absolute Gasteiger partial charge is 0.320 e. The molecule has 1 aromatic rings. The summed E-state index contributed by atoms with van der Waals surface area (Å²) in [5.41, 5.74) is -0.347. The normalized spacial score (nSPS) is 25.5. The predicted molar refractivity (Wildman–Crippen MR) is 81.5 cm³/mol. The van der Waals surface area contributed by atoms with Crippen molar-refractivity contribution in [2.24, 2.45) is 11.8 Å². The first kappa shape index (κ1) is 15.4. The molecule has 1 aromatic carbocycles. The van der Waals surface area contributed by atoms with Gasteiger partial charge in [0, 0.05) is 6.54 Å². The van der Waals surface area contributed by atoms with E-state index in [4.69, 9.17) is 0 Å². The minimum absolute atomic E-state index is 0.205. The second-order valence-electron chi connectivity index (χ2n) is 6.47. The number of nitrogens with zero attached hydrogens (tertiary/aromatic N) is 1. The van der Waals surface area contributed by atoms with Crippen LogP contribution in [-0.2, 0) is 4.79 Å². The third-order valence-corrected chi connectivity index (χ3v) is 4.97. The molecule has 1 aliphatic heterocycles. The molecule has 2 aliphatic rings. The number of nitrogens with one attached hydrogen (secondary N) is 1.